The molecule has 0 aliphatic rings. The van der Waals surface area contributed by atoms with Gasteiger partial charge in [0.2, 0.25) is 0 Å². The molecule has 0 radical (unpaired) electrons. The van der Waals surface area contributed by atoms with Gasteiger partial charge in [0, 0.05) is 12.4 Å². The van der Waals surface area contributed by atoms with Crippen LogP contribution in [0.2, 0.25) is 0 Å². The summed E-state index contributed by atoms with van der Waals surface area (Å²) >= 11 is 1.12. The number of hydrogen-bond acceptors (Lipinski definition) is 5. The summed E-state index contributed by atoms with van der Waals surface area (Å²) < 4.78 is 32.1. The fraction of sp³-hybridized carbons (Fsp3) is 0.182. The molecule has 0 saturated heterocycles. The van der Waals surface area contributed by atoms with E-state index in [4.69, 9.17) is 4.74 Å². The van der Waals surface area contributed by atoms with Crippen LogP contribution in [0.4, 0.5) is 5.69 Å². The lowest BCUT2D eigenvalue weighted by atomic mass is 10.3. The first kappa shape index (κ1) is 12.8. The predicted molar refractivity (Wildman–Crippen MR) is 70.7 cm³/mol. The summed E-state index contributed by atoms with van der Waals surface area (Å²) in [6, 6.07) is 3.24. The SMILES string of the molecule is COc1ccsc1S(=O)(=O)Nc1ccncc1C. The molecule has 18 heavy (non-hydrogen) atoms. The van der Waals surface area contributed by atoms with Gasteiger partial charge < -0.3 is 4.74 Å². The van der Waals surface area contributed by atoms with Gasteiger partial charge in [0.15, 0.2) is 4.21 Å². The van der Waals surface area contributed by atoms with Crippen molar-refractivity contribution in [3.8, 4) is 5.75 Å². The monoisotopic (exact) mass is 284 g/mol. The number of thiophene rings is 1. The molecular weight excluding hydrogens is 272 g/mol. The van der Waals surface area contributed by atoms with E-state index in [-0.39, 0.29) is 4.21 Å². The number of hydrogen-bond donors (Lipinski definition) is 1. The Morgan fingerprint density at radius 2 is 2.17 bits per heavy atom. The van der Waals surface area contributed by atoms with Crippen molar-refractivity contribution >= 4 is 27.0 Å². The minimum absolute atomic E-state index is 0.168. The number of rotatable bonds is 4. The average Bonchev–Trinajstić information content (AvgIpc) is 2.81. The summed E-state index contributed by atoms with van der Waals surface area (Å²) in [5, 5.41) is 1.67. The van der Waals surface area contributed by atoms with Gasteiger partial charge >= 0.3 is 0 Å². The third-order valence-electron chi connectivity index (χ3n) is 2.32. The second kappa shape index (κ2) is 4.95. The summed E-state index contributed by atoms with van der Waals surface area (Å²) in [5.41, 5.74) is 1.28. The number of ether oxygens (including phenoxy) is 1. The van der Waals surface area contributed by atoms with Crippen molar-refractivity contribution in [1.29, 1.82) is 0 Å². The molecule has 2 heterocycles. The highest BCUT2D eigenvalue weighted by molar-refractivity contribution is 7.94. The predicted octanol–water partition coefficient (Wildman–Crippen LogP) is 2.26. The van der Waals surface area contributed by atoms with Crippen LogP contribution < -0.4 is 9.46 Å². The maximum atomic E-state index is 12.2. The largest absolute Gasteiger partial charge is 0.494 e. The molecule has 0 saturated carbocycles. The van der Waals surface area contributed by atoms with Crippen molar-refractivity contribution < 1.29 is 13.2 Å². The van der Waals surface area contributed by atoms with Crippen molar-refractivity contribution in [2.24, 2.45) is 0 Å². The molecule has 0 spiro atoms. The Morgan fingerprint density at radius 1 is 1.39 bits per heavy atom. The summed E-state index contributed by atoms with van der Waals surface area (Å²) in [6.45, 7) is 1.79. The van der Waals surface area contributed by atoms with Crippen LogP contribution in [0.5, 0.6) is 5.75 Å². The van der Waals surface area contributed by atoms with E-state index in [1.807, 2.05) is 0 Å². The van der Waals surface area contributed by atoms with Crippen LogP contribution in [0.15, 0.2) is 34.1 Å². The maximum absolute atomic E-state index is 12.2. The number of methoxy groups -OCH3 is 1. The van der Waals surface area contributed by atoms with E-state index in [0.29, 0.717) is 11.4 Å². The molecule has 0 aliphatic carbocycles. The third kappa shape index (κ3) is 2.46. The zero-order valence-electron chi connectivity index (χ0n) is 9.88. The van der Waals surface area contributed by atoms with Gasteiger partial charge in [-0.05, 0) is 30.0 Å². The van der Waals surface area contributed by atoms with Gasteiger partial charge in [-0.3, -0.25) is 9.71 Å². The highest BCUT2D eigenvalue weighted by atomic mass is 32.2. The molecular formula is C11H12N2O3S2. The second-order valence-corrected chi connectivity index (χ2v) is 6.37. The lowest BCUT2D eigenvalue weighted by molar-refractivity contribution is 0.406. The first-order valence-electron chi connectivity index (χ1n) is 5.09. The fourth-order valence-electron chi connectivity index (χ4n) is 1.41. The lowest BCUT2D eigenvalue weighted by Gasteiger charge is -2.09. The number of sulfonamides is 1. The molecule has 0 unspecified atom stereocenters. The zero-order valence-corrected chi connectivity index (χ0v) is 11.5. The third-order valence-corrected chi connectivity index (χ3v) is 5.14. The van der Waals surface area contributed by atoms with E-state index >= 15 is 0 Å². The van der Waals surface area contributed by atoms with Gasteiger partial charge in [0.1, 0.15) is 5.75 Å². The van der Waals surface area contributed by atoms with Crippen LogP contribution >= 0.6 is 11.3 Å². The summed E-state index contributed by atoms with van der Waals surface area (Å²) in [7, 11) is -2.18. The molecule has 2 rings (SSSR count). The van der Waals surface area contributed by atoms with E-state index in [0.717, 1.165) is 16.9 Å². The first-order valence-corrected chi connectivity index (χ1v) is 7.46. The van der Waals surface area contributed by atoms with Gasteiger partial charge in [-0.15, -0.1) is 11.3 Å². The normalized spacial score (nSPS) is 11.2. The molecule has 0 aliphatic heterocycles. The van der Waals surface area contributed by atoms with Crippen molar-refractivity contribution in [2.45, 2.75) is 11.1 Å². The molecule has 1 N–H and O–H groups in total. The van der Waals surface area contributed by atoms with Gasteiger partial charge in [0.25, 0.3) is 10.0 Å². The fourth-order valence-corrected chi connectivity index (χ4v) is 3.82. The number of nitrogens with zero attached hydrogens (tertiary/aromatic N) is 1. The van der Waals surface area contributed by atoms with Gasteiger partial charge in [0.05, 0.1) is 12.8 Å². The zero-order chi connectivity index (χ0) is 13.2. The number of nitrogens with one attached hydrogen (secondary N) is 1. The molecule has 2 aromatic rings. The summed E-state index contributed by atoms with van der Waals surface area (Å²) in [6.07, 6.45) is 3.14. The topological polar surface area (TPSA) is 68.3 Å². The standard InChI is InChI=1S/C11H12N2O3S2/c1-8-7-12-5-3-9(8)13-18(14,15)11-10(16-2)4-6-17-11/h3-7H,1-2H3,(H,12,13). The molecule has 0 aromatic carbocycles. The minimum Gasteiger partial charge on any atom is -0.494 e. The van der Waals surface area contributed by atoms with Crippen LogP contribution in [0.1, 0.15) is 5.56 Å². The van der Waals surface area contributed by atoms with Crippen molar-refractivity contribution in [1.82, 2.24) is 4.98 Å². The quantitative estimate of drug-likeness (QED) is 0.935. The van der Waals surface area contributed by atoms with Crippen LogP contribution in [0.25, 0.3) is 0 Å². The Hall–Kier alpha value is -1.60. The molecule has 2 aromatic heterocycles. The highest BCUT2D eigenvalue weighted by Gasteiger charge is 2.21. The van der Waals surface area contributed by atoms with Crippen LogP contribution in [-0.2, 0) is 10.0 Å². The highest BCUT2D eigenvalue weighted by Crippen LogP contribution is 2.31. The number of aromatic nitrogens is 1. The number of anilines is 1. The molecule has 96 valence electrons. The van der Waals surface area contributed by atoms with Crippen LogP contribution in [0, 0.1) is 6.92 Å². The molecule has 0 fully saturated rings. The molecule has 7 heteroatoms. The van der Waals surface area contributed by atoms with E-state index in [2.05, 4.69) is 9.71 Å². The van der Waals surface area contributed by atoms with E-state index < -0.39 is 10.0 Å². The van der Waals surface area contributed by atoms with Crippen LogP contribution in [0.3, 0.4) is 0 Å². The lowest BCUT2D eigenvalue weighted by Crippen LogP contribution is -2.13. The van der Waals surface area contributed by atoms with Crippen molar-refractivity contribution in [2.75, 3.05) is 11.8 Å². The Balaban J connectivity index is 2.37. The number of aryl methyl sites for hydroxylation is 1. The Labute approximate surface area is 110 Å². The molecule has 0 atom stereocenters. The Kier molecular flexibility index (Phi) is 3.53. The smallest absolute Gasteiger partial charge is 0.275 e. The van der Waals surface area contributed by atoms with E-state index in [1.165, 1.54) is 13.3 Å². The molecule has 5 nitrogen and oxygen atoms in total. The van der Waals surface area contributed by atoms with Crippen molar-refractivity contribution in [3.05, 3.63) is 35.5 Å². The summed E-state index contributed by atoms with van der Waals surface area (Å²) in [5.74, 6) is 0.346. The summed E-state index contributed by atoms with van der Waals surface area (Å²) in [4.78, 5) is 3.91. The minimum atomic E-state index is -3.62. The average molecular weight is 284 g/mol. The van der Waals surface area contributed by atoms with E-state index in [9.17, 15) is 8.42 Å². The van der Waals surface area contributed by atoms with Gasteiger partial charge in [-0.1, -0.05) is 0 Å². The maximum Gasteiger partial charge on any atom is 0.275 e. The Morgan fingerprint density at radius 3 is 2.83 bits per heavy atom. The van der Waals surface area contributed by atoms with Gasteiger partial charge in [-0.2, -0.15) is 0 Å². The molecule has 0 amide bonds. The van der Waals surface area contributed by atoms with Crippen molar-refractivity contribution in [3.63, 3.8) is 0 Å². The Bertz CT molecular complexity index is 650. The van der Waals surface area contributed by atoms with Gasteiger partial charge in [-0.25, -0.2) is 8.42 Å². The van der Waals surface area contributed by atoms with E-state index in [1.54, 1.807) is 30.6 Å². The van der Waals surface area contributed by atoms with Crippen LogP contribution in [-0.4, -0.2) is 20.5 Å². The first-order chi connectivity index (χ1) is 8.54. The second-order valence-electron chi connectivity index (χ2n) is 3.57. The molecule has 0 bridgehead atoms. The number of pyridine rings is 1.